The average molecular weight is 253 g/mol. The van der Waals surface area contributed by atoms with Gasteiger partial charge in [-0.2, -0.15) is 10.4 Å². The SMILES string of the molecule is CC(C)N1CCCn2nc(CC#N)c(Cl)c2C1. The fraction of sp³-hybridized carbons (Fsp3) is 0.667. The molecule has 0 saturated heterocycles. The number of aryl methyl sites for hydroxylation is 1. The van der Waals surface area contributed by atoms with Crippen LogP contribution < -0.4 is 0 Å². The number of aromatic nitrogens is 2. The first-order valence-corrected chi connectivity index (χ1v) is 6.36. The summed E-state index contributed by atoms with van der Waals surface area (Å²) in [5.74, 6) is 0. The van der Waals surface area contributed by atoms with Gasteiger partial charge < -0.3 is 0 Å². The Morgan fingerprint density at radius 1 is 1.47 bits per heavy atom. The lowest BCUT2D eigenvalue weighted by atomic mass is 10.2. The third-order valence-corrected chi connectivity index (χ3v) is 3.64. The molecule has 0 N–H and O–H groups in total. The van der Waals surface area contributed by atoms with E-state index in [4.69, 9.17) is 16.9 Å². The van der Waals surface area contributed by atoms with Crippen molar-refractivity contribution in [2.24, 2.45) is 0 Å². The van der Waals surface area contributed by atoms with Gasteiger partial charge in [-0.05, 0) is 20.3 Å². The molecular weight excluding hydrogens is 236 g/mol. The van der Waals surface area contributed by atoms with Crippen molar-refractivity contribution in [1.29, 1.82) is 5.26 Å². The summed E-state index contributed by atoms with van der Waals surface area (Å²) < 4.78 is 1.97. The predicted octanol–water partition coefficient (Wildman–Crippen LogP) is 2.22. The number of fused-ring (bicyclic) bond motifs is 1. The molecule has 0 radical (unpaired) electrons. The summed E-state index contributed by atoms with van der Waals surface area (Å²) in [7, 11) is 0. The van der Waals surface area contributed by atoms with Crippen molar-refractivity contribution in [1.82, 2.24) is 14.7 Å². The predicted molar refractivity (Wildman–Crippen MR) is 66.7 cm³/mol. The van der Waals surface area contributed by atoms with Gasteiger partial charge in [-0.1, -0.05) is 11.6 Å². The van der Waals surface area contributed by atoms with E-state index in [1.54, 1.807) is 0 Å². The molecule has 0 aromatic carbocycles. The lowest BCUT2D eigenvalue weighted by Crippen LogP contribution is -2.30. The summed E-state index contributed by atoms with van der Waals surface area (Å²) in [6.45, 7) is 7.18. The summed E-state index contributed by atoms with van der Waals surface area (Å²) >= 11 is 6.30. The summed E-state index contributed by atoms with van der Waals surface area (Å²) in [5.41, 5.74) is 1.78. The van der Waals surface area contributed by atoms with Crippen LogP contribution >= 0.6 is 11.6 Å². The van der Waals surface area contributed by atoms with E-state index in [2.05, 4.69) is 29.9 Å². The second-order valence-electron chi connectivity index (χ2n) is 4.68. The molecule has 0 fully saturated rings. The number of hydrogen-bond donors (Lipinski definition) is 0. The number of hydrogen-bond acceptors (Lipinski definition) is 3. The third kappa shape index (κ3) is 2.46. The highest BCUT2D eigenvalue weighted by Crippen LogP contribution is 2.25. The van der Waals surface area contributed by atoms with Gasteiger partial charge in [-0.3, -0.25) is 9.58 Å². The zero-order chi connectivity index (χ0) is 12.4. The maximum Gasteiger partial charge on any atom is 0.0954 e. The molecule has 0 bridgehead atoms. The van der Waals surface area contributed by atoms with Crippen LogP contribution in [0.15, 0.2) is 0 Å². The monoisotopic (exact) mass is 252 g/mol. The third-order valence-electron chi connectivity index (χ3n) is 3.20. The fourth-order valence-corrected chi connectivity index (χ4v) is 2.45. The molecule has 5 heteroatoms. The molecule has 1 aliphatic rings. The number of halogens is 1. The van der Waals surface area contributed by atoms with Crippen molar-refractivity contribution < 1.29 is 0 Å². The van der Waals surface area contributed by atoms with E-state index < -0.39 is 0 Å². The second kappa shape index (κ2) is 5.07. The molecule has 0 spiro atoms. The van der Waals surface area contributed by atoms with Gasteiger partial charge in [0.25, 0.3) is 0 Å². The smallest absolute Gasteiger partial charge is 0.0954 e. The molecule has 0 saturated carbocycles. The molecule has 2 heterocycles. The van der Waals surface area contributed by atoms with Crippen LogP contribution in [0.3, 0.4) is 0 Å². The van der Waals surface area contributed by atoms with Crippen LogP contribution in [0.4, 0.5) is 0 Å². The summed E-state index contributed by atoms with van der Waals surface area (Å²) in [4.78, 5) is 2.39. The Bertz CT molecular complexity index is 444. The first-order chi connectivity index (χ1) is 8.13. The Morgan fingerprint density at radius 3 is 2.88 bits per heavy atom. The zero-order valence-corrected chi connectivity index (χ0v) is 11.0. The van der Waals surface area contributed by atoms with Gasteiger partial charge in [0.2, 0.25) is 0 Å². The lowest BCUT2D eigenvalue weighted by molar-refractivity contribution is 0.216. The van der Waals surface area contributed by atoms with Crippen molar-refractivity contribution in [3.05, 3.63) is 16.4 Å². The van der Waals surface area contributed by atoms with E-state index in [1.165, 1.54) is 0 Å². The molecule has 0 aliphatic carbocycles. The number of nitrogens with zero attached hydrogens (tertiary/aromatic N) is 4. The molecule has 4 nitrogen and oxygen atoms in total. The van der Waals surface area contributed by atoms with Crippen LogP contribution in [0.1, 0.15) is 31.7 Å². The van der Waals surface area contributed by atoms with Crippen LogP contribution in [-0.4, -0.2) is 27.3 Å². The maximum atomic E-state index is 8.73. The molecular formula is C12H17ClN4. The van der Waals surface area contributed by atoms with Gasteiger partial charge in [0.1, 0.15) is 0 Å². The van der Waals surface area contributed by atoms with Crippen molar-refractivity contribution in [3.63, 3.8) is 0 Å². The van der Waals surface area contributed by atoms with Crippen LogP contribution in [0.2, 0.25) is 5.02 Å². The molecule has 0 atom stereocenters. The Labute approximate surface area is 107 Å². The first-order valence-electron chi connectivity index (χ1n) is 5.98. The quantitative estimate of drug-likeness (QED) is 0.811. The van der Waals surface area contributed by atoms with E-state index in [0.717, 1.165) is 37.4 Å². The van der Waals surface area contributed by atoms with Crippen molar-refractivity contribution in [2.45, 2.75) is 45.8 Å². The Hall–Kier alpha value is -1.05. The maximum absolute atomic E-state index is 8.73. The molecule has 2 rings (SSSR count). The molecule has 92 valence electrons. The van der Waals surface area contributed by atoms with Gasteiger partial charge in [0.15, 0.2) is 0 Å². The summed E-state index contributed by atoms with van der Waals surface area (Å²) in [5, 5.41) is 13.8. The van der Waals surface area contributed by atoms with Crippen LogP contribution in [0, 0.1) is 11.3 Å². The van der Waals surface area contributed by atoms with Crippen LogP contribution in [0.5, 0.6) is 0 Å². The van der Waals surface area contributed by atoms with Gasteiger partial charge in [0, 0.05) is 25.7 Å². The minimum Gasteiger partial charge on any atom is -0.295 e. The topological polar surface area (TPSA) is 44.9 Å². The van der Waals surface area contributed by atoms with Crippen molar-refractivity contribution in [2.75, 3.05) is 6.54 Å². The molecule has 0 unspecified atom stereocenters. The van der Waals surface area contributed by atoms with Gasteiger partial charge in [0.05, 0.1) is 28.9 Å². The van der Waals surface area contributed by atoms with Gasteiger partial charge >= 0.3 is 0 Å². The first kappa shape index (κ1) is 12.4. The standard InChI is InChI=1S/C12H17ClN4/c1-9(2)16-6-3-7-17-11(8-16)12(13)10(15-17)4-5-14/h9H,3-4,6-8H2,1-2H3. The summed E-state index contributed by atoms with van der Waals surface area (Å²) in [6.07, 6.45) is 1.37. The van der Waals surface area contributed by atoms with Crippen LogP contribution in [0.25, 0.3) is 0 Å². The lowest BCUT2D eigenvalue weighted by Gasteiger charge is -2.23. The highest BCUT2D eigenvalue weighted by molar-refractivity contribution is 6.31. The molecule has 1 aliphatic heterocycles. The van der Waals surface area contributed by atoms with Gasteiger partial charge in [-0.15, -0.1) is 0 Å². The fourth-order valence-electron chi connectivity index (χ4n) is 2.19. The molecule has 0 amide bonds. The van der Waals surface area contributed by atoms with Crippen LogP contribution in [-0.2, 0) is 19.5 Å². The van der Waals surface area contributed by atoms with E-state index in [9.17, 15) is 0 Å². The minimum atomic E-state index is 0.292. The normalized spacial score (nSPS) is 16.6. The highest BCUT2D eigenvalue weighted by atomic mass is 35.5. The van der Waals surface area contributed by atoms with E-state index in [-0.39, 0.29) is 0 Å². The van der Waals surface area contributed by atoms with E-state index in [1.807, 2.05) is 4.68 Å². The Balaban J connectivity index is 2.31. The zero-order valence-electron chi connectivity index (χ0n) is 10.3. The summed E-state index contributed by atoms with van der Waals surface area (Å²) in [6, 6.07) is 2.62. The van der Waals surface area contributed by atoms with Crippen molar-refractivity contribution >= 4 is 11.6 Å². The average Bonchev–Trinajstić information content (AvgIpc) is 2.50. The molecule has 1 aromatic heterocycles. The highest BCUT2D eigenvalue weighted by Gasteiger charge is 2.22. The van der Waals surface area contributed by atoms with E-state index >= 15 is 0 Å². The van der Waals surface area contributed by atoms with E-state index in [0.29, 0.717) is 17.5 Å². The Morgan fingerprint density at radius 2 is 2.24 bits per heavy atom. The second-order valence-corrected chi connectivity index (χ2v) is 5.06. The van der Waals surface area contributed by atoms with Crippen molar-refractivity contribution in [3.8, 4) is 6.07 Å². The number of rotatable bonds is 2. The minimum absolute atomic E-state index is 0.292. The molecule has 17 heavy (non-hydrogen) atoms. The largest absolute Gasteiger partial charge is 0.295 e. The van der Waals surface area contributed by atoms with Gasteiger partial charge in [-0.25, -0.2) is 0 Å². The molecule has 1 aromatic rings. The number of nitriles is 1. The Kier molecular flexibility index (Phi) is 3.70.